The number of nitrogens with two attached hydrogens (primary N) is 4. The molecular formula is C61H109Cl3N4O16. The minimum absolute atomic E-state index is 0.0289. The highest BCUT2D eigenvalue weighted by molar-refractivity contribution is 6.63. The van der Waals surface area contributed by atoms with Crippen molar-refractivity contribution in [1.82, 2.24) is 0 Å². The number of methoxy groups -OCH3 is 2. The Kier molecular flexibility index (Phi) is 38.5. The number of rotatable bonds is 4. The van der Waals surface area contributed by atoms with E-state index >= 15 is 0 Å². The van der Waals surface area contributed by atoms with Crippen LogP contribution in [0.1, 0.15) is 228 Å². The van der Waals surface area contributed by atoms with Gasteiger partial charge in [-0.2, -0.15) is 38.4 Å². The van der Waals surface area contributed by atoms with E-state index in [4.69, 9.17) is 116 Å². The normalized spacial score (nSPS) is 32.6. The molecule has 0 amide bonds. The Morgan fingerprint density at radius 1 is 0.417 bits per heavy atom. The molecule has 6 saturated carbocycles. The molecule has 20 nitrogen and oxygen atoms in total. The van der Waals surface area contributed by atoms with Crippen molar-refractivity contribution in [1.29, 1.82) is 0 Å². The molecule has 0 aliphatic heterocycles. The van der Waals surface area contributed by atoms with Gasteiger partial charge in [0.1, 0.15) is 0 Å². The van der Waals surface area contributed by atoms with Gasteiger partial charge >= 0.3 is 48.5 Å². The van der Waals surface area contributed by atoms with E-state index in [2.05, 4.69) is 83.1 Å². The summed E-state index contributed by atoms with van der Waals surface area (Å²) in [5, 5.41) is 18.0. The first-order valence-corrected chi connectivity index (χ1v) is 29.6. The van der Waals surface area contributed by atoms with E-state index in [0.29, 0.717) is 11.8 Å². The van der Waals surface area contributed by atoms with E-state index in [1.165, 1.54) is 14.2 Å². The monoisotopic (exact) mass is 1260 g/mol. The number of hydrogen-bond acceptors (Lipinski definition) is 18. The van der Waals surface area contributed by atoms with Crippen LogP contribution in [0.15, 0.2) is 0 Å². The highest BCUT2D eigenvalue weighted by atomic mass is 35.6. The average molecular weight is 1260 g/mol. The Labute approximate surface area is 517 Å². The smallest absolute Gasteiger partial charge is 0.373 e. The second-order valence-corrected chi connectivity index (χ2v) is 29.8. The molecule has 6 aliphatic carbocycles. The molecule has 0 radical (unpaired) electrons. The average Bonchev–Trinajstić information content (AvgIpc) is 4.07. The van der Waals surface area contributed by atoms with Gasteiger partial charge < -0.3 is 42.6 Å². The topological polar surface area (TPSA) is 368 Å². The Hall–Kier alpha value is -3.89. The van der Waals surface area contributed by atoms with E-state index in [9.17, 15) is 19.2 Å². The lowest BCUT2D eigenvalue weighted by atomic mass is 9.66. The highest BCUT2D eigenvalue weighted by Crippen LogP contribution is 2.58. The van der Waals surface area contributed by atoms with Crippen molar-refractivity contribution in [3.8, 4) is 0 Å². The SMILES string of the molecule is CC1(C)CCC[C@@]1(C)C(=O)O.CC1(C)CCC[C@@]1(C)C(=O)O.CC1(C)[C@@H](N)CC[C@@]1(C)N.CC1(C)[C@H](N)CC[C@@]1(C)N.COC(=O)[C@]1(C)CC[C@@H](C)C1(C)C.COC(=O)[C@]1(C)CC[C@@H](C)C1(C)C.ClC(Cl)Cl.O=C=O.O=C=O.O=C=O.O=C=O. The summed E-state index contributed by atoms with van der Waals surface area (Å²) in [6.45, 7) is 41.9. The van der Waals surface area contributed by atoms with Crippen LogP contribution < -0.4 is 22.9 Å². The van der Waals surface area contributed by atoms with Gasteiger partial charge in [0, 0.05) is 23.2 Å². The van der Waals surface area contributed by atoms with E-state index < -0.39 is 27.1 Å². The number of esters is 2. The van der Waals surface area contributed by atoms with Crippen LogP contribution in [0.4, 0.5) is 0 Å². The molecule has 6 aliphatic rings. The molecule has 0 spiro atoms. The maximum absolute atomic E-state index is 11.7. The van der Waals surface area contributed by atoms with Crippen molar-refractivity contribution in [3.63, 3.8) is 0 Å². The standard InChI is InChI=1S/2C11H20O2.2C9H16O2.2C8H18N2.CHCl3.4CO2/c2*1-8-6-7-11(4,9(12)13-5)10(8,2)3;2*1-8(2)5-4-6-9(8,3)7(10)11;2*1-7(2)6(9)4-5-8(7,3)10;2-1(3)4;4*2-1-3/h2*8H,6-7H2,1-5H3;2*4-6H2,1-3H3,(H,10,11);2*6H,4-5,9-10H2,1-3H3;1H;;;;/t2*8-,11+;2*9-;6-,8+;6-,8-;;;;;/m110001...../s1. The minimum atomic E-state index is -0.750. The zero-order chi connectivity index (χ0) is 68.3. The molecule has 0 aromatic rings. The predicted molar refractivity (Wildman–Crippen MR) is 320 cm³/mol. The zero-order valence-electron chi connectivity index (χ0n) is 54.8. The summed E-state index contributed by atoms with van der Waals surface area (Å²) in [5.41, 5.74) is 22.5. The van der Waals surface area contributed by atoms with Gasteiger partial charge in [0.25, 0.3) is 0 Å². The van der Waals surface area contributed by atoms with Gasteiger partial charge in [-0.25, -0.2) is 0 Å². The molecule has 0 saturated heterocycles. The summed E-state index contributed by atoms with van der Waals surface area (Å²) in [6.07, 6.45) is 15.2. The number of carbonyl (C=O) groups is 4. The van der Waals surface area contributed by atoms with E-state index in [1.807, 2.05) is 55.4 Å². The molecule has 0 aromatic carbocycles. The van der Waals surface area contributed by atoms with Crippen LogP contribution in [0, 0.1) is 66.0 Å². The Morgan fingerprint density at radius 3 is 0.714 bits per heavy atom. The number of carboxylic acid groups (broad SMARTS) is 2. The Morgan fingerprint density at radius 2 is 0.631 bits per heavy atom. The highest BCUT2D eigenvalue weighted by Gasteiger charge is 2.57. The number of carbonyl (C=O) groups excluding carboxylic acids is 10. The molecule has 23 heteroatoms. The van der Waals surface area contributed by atoms with Crippen molar-refractivity contribution in [2.75, 3.05) is 14.2 Å². The van der Waals surface area contributed by atoms with Gasteiger partial charge in [-0.1, -0.05) is 145 Å². The zero-order valence-corrected chi connectivity index (χ0v) is 57.1. The van der Waals surface area contributed by atoms with Crippen LogP contribution in [-0.4, -0.2) is 100 Å². The second kappa shape index (κ2) is 36.4. The summed E-state index contributed by atoms with van der Waals surface area (Å²) in [5.74, 6) is -0.197. The summed E-state index contributed by atoms with van der Waals surface area (Å²) < 4.78 is 9.01. The maximum Gasteiger partial charge on any atom is 0.373 e. The fourth-order valence-corrected chi connectivity index (χ4v) is 11.6. The van der Waals surface area contributed by atoms with Crippen LogP contribution in [0.3, 0.4) is 0 Å². The third-order valence-corrected chi connectivity index (χ3v) is 22.4. The molecule has 10 N–H and O–H groups in total. The lowest BCUT2D eigenvalue weighted by molar-refractivity contribution is -0.193. The summed E-state index contributed by atoms with van der Waals surface area (Å²) in [7, 11) is 2.96. The largest absolute Gasteiger partial charge is 0.481 e. The van der Waals surface area contributed by atoms with E-state index in [1.54, 1.807) is 0 Å². The molecular weight excluding hydrogens is 1150 g/mol. The third-order valence-electron chi connectivity index (χ3n) is 22.4. The summed E-state index contributed by atoms with van der Waals surface area (Å²) in [6, 6.07) is 0.560. The summed E-state index contributed by atoms with van der Waals surface area (Å²) in [4.78, 5) is 110. The van der Waals surface area contributed by atoms with Crippen LogP contribution in [0.2, 0.25) is 0 Å². The Bertz CT molecular complexity index is 2020. The molecule has 0 aromatic heterocycles. The fourth-order valence-electron chi connectivity index (χ4n) is 11.6. The van der Waals surface area contributed by atoms with Crippen LogP contribution in [0.5, 0.6) is 0 Å². The lowest BCUT2D eigenvalue weighted by Gasteiger charge is -2.38. The maximum atomic E-state index is 11.7. The van der Waals surface area contributed by atoms with Crippen molar-refractivity contribution in [2.45, 2.75) is 256 Å². The first-order valence-electron chi connectivity index (χ1n) is 28.3. The van der Waals surface area contributed by atoms with Gasteiger partial charge in [0.05, 0.1) is 35.9 Å². The van der Waals surface area contributed by atoms with Gasteiger partial charge in [-0.3, -0.25) is 19.2 Å². The van der Waals surface area contributed by atoms with Crippen molar-refractivity contribution in [2.24, 2.45) is 88.9 Å². The molecule has 84 heavy (non-hydrogen) atoms. The second-order valence-electron chi connectivity index (χ2n) is 27.9. The molecule has 6 rings (SSSR count). The molecule has 490 valence electrons. The Balaban J connectivity index is -0.000000283. The number of carboxylic acids is 2. The van der Waals surface area contributed by atoms with Crippen molar-refractivity contribution < 1.29 is 77.2 Å². The molecule has 6 fully saturated rings. The van der Waals surface area contributed by atoms with Crippen LogP contribution in [0.25, 0.3) is 0 Å². The molecule has 0 heterocycles. The summed E-state index contributed by atoms with van der Waals surface area (Å²) >= 11 is 14.4. The van der Waals surface area contributed by atoms with Gasteiger partial charge in [0.15, 0.2) is 4.30 Å². The number of hydrogen-bond donors (Lipinski definition) is 6. The quantitative estimate of drug-likeness (QED) is 0.112. The number of aliphatic carboxylic acids is 2. The van der Waals surface area contributed by atoms with E-state index in [-0.39, 0.29) is 103 Å². The number of alkyl halides is 3. The van der Waals surface area contributed by atoms with Crippen LogP contribution >= 0.6 is 34.8 Å². The lowest BCUT2D eigenvalue weighted by Crippen LogP contribution is -2.51. The first-order chi connectivity index (χ1) is 37.7. The van der Waals surface area contributed by atoms with Crippen molar-refractivity contribution >= 4 is 83.3 Å². The van der Waals surface area contributed by atoms with Gasteiger partial charge in [0.2, 0.25) is 0 Å². The van der Waals surface area contributed by atoms with E-state index in [0.717, 1.165) is 89.9 Å². The van der Waals surface area contributed by atoms with Gasteiger partial charge in [-0.05, 0) is 163 Å². The minimum Gasteiger partial charge on any atom is -0.481 e. The number of halogens is 3. The molecule has 0 unspecified atom stereocenters. The number of ether oxygens (including phenoxy) is 2. The van der Waals surface area contributed by atoms with Crippen LogP contribution in [-0.2, 0) is 67.0 Å². The van der Waals surface area contributed by atoms with Gasteiger partial charge in [-0.15, -0.1) is 0 Å². The third kappa shape index (κ3) is 23.0. The predicted octanol–water partition coefficient (Wildman–Crippen LogP) is 11.2. The van der Waals surface area contributed by atoms with Crippen molar-refractivity contribution in [3.05, 3.63) is 0 Å². The molecule has 10 atom stereocenters. The fraction of sp³-hybridized carbons (Fsp3) is 0.869. The molecule has 0 bridgehead atoms. The first kappa shape index (κ1) is 88.9.